The largest absolute Gasteiger partial charge is 0.497 e. The number of thioether (sulfide) groups is 1. The second-order valence-corrected chi connectivity index (χ2v) is 6.69. The third-order valence-electron chi connectivity index (χ3n) is 3.43. The molecule has 11 heteroatoms. The number of nitrogens with one attached hydrogen (secondary N) is 2. The van der Waals surface area contributed by atoms with Crippen LogP contribution in [0.1, 0.15) is 5.56 Å². The van der Waals surface area contributed by atoms with Gasteiger partial charge in [-0.1, -0.05) is 23.4 Å². The van der Waals surface area contributed by atoms with E-state index in [2.05, 4.69) is 20.3 Å². The number of pyridine rings is 1. The first-order chi connectivity index (χ1) is 12.8. The quantitative estimate of drug-likeness (QED) is 0.604. The van der Waals surface area contributed by atoms with Gasteiger partial charge in [0.25, 0.3) is 0 Å². The van der Waals surface area contributed by atoms with Crippen molar-refractivity contribution in [3.63, 3.8) is 0 Å². The number of H-pyrrole nitrogens is 1. The highest BCUT2D eigenvalue weighted by atomic mass is 35.5. The van der Waals surface area contributed by atoms with Gasteiger partial charge in [-0.05, 0) is 18.2 Å². The number of anilines is 1. The zero-order chi connectivity index (χ0) is 19.6. The van der Waals surface area contributed by atoms with E-state index in [1.54, 1.807) is 25.3 Å². The summed E-state index contributed by atoms with van der Waals surface area (Å²) in [6.07, 6.45) is -3.94. The molecule has 3 aromatic rings. The third kappa shape index (κ3) is 4.64. The predicted octanol–water partition coefficient (Wildman–Crippen LogP) is 4.37. The van der Waals surface area contributed by atoms with Gasteiger partial charge in [0, 0.05) is 12.3 Å². The van der Waals surface area contributed by atoms with Gasteiger partial charge in [0.2, 0.25) is 5.91 Å². The second kappa shape index (κ2) is 7.65. The smallest absolute Gasteiger partial charge is 0.417 e. The zero-order valence-electron chi connectivity index (χ0n) is 13.7. The number of benzene rings is 1. The van der Waals surface area contributed by atoms with Gasteiger partial charge in [0.05, 0.1) is 34.5 Å². The summed E-state index contributed by atoms with van der Waals surface area (Å²) in [5.41, 5.74) is 0.480. The number of nitrogens with zero attached hydrogens (tertiary/aromatic N) is 2. The van der Waals surface area contributed by atoms with Gasteiger partial charge in [0.1, 0.15) is 5.75 Å². The van der Waals surface area contributed by atoms with Crippen LogP contribution in [0.4, 0.5) is 19.0 Å². The number of hydrogen-bond acceptors (Lipinski definition) is 5. The fourth-order valence-electron chi connectivity index (χ4n) is 2.15. The Balaban J connectivity index is 1.63. The molecule has 6 nitrogen and oxygen atoms in total. The lowest BCUT2D eigenvalue weighted by Gasteiger charge is -2.09. The number of alkyl halides is 3. The lowest BCUT2D eigenvalue weighted by molar-refractivity contribution is -0.137. The minimum atomic E-state index is -4.56. The van der Waals surface area contributed by atoms with Crippen molar-refractivity contribution in [1.29, 1.82) is 0 Å². The first kappa shape index (κ1) is 19.3. The van der Waals surface area contributed by atoms with Crippen LogP contribution < -0.4 is 10.1 Å². The molecule has 0 spiro atoms. The number of imidazole rings is 1. The highest BCUT2D eigenvalue weighted by Gasteiger charge is 2.31. The average molecular weight is 417 g/mol. The first-order valence-electron chi connectivity index (χ1n) is 7.45. The Morgan fingerprint density at radius 2 is 2.15 bits per heavy atom. The van der Waals surface area contributed by atoms with Crippen LogP contribution in [-0.2, 0) is 11.0 Å². The molecule has 0 unspecified atom stereocenters. The molecule has 27 heavy (non-hydrogen) atoms. The van der Waals surface area contributed by atoms with Crippen molar-refractivity contribution in [2.24, 2.45) is 0 Å². The van der Waals surface area contributed by atoms with Gasteiger partial charge in [-0.15, -0.1) is 0 Å². The molecule has 0 atom stereocenters. The Hall–Kier alpha value is -2.46. The third-order valence-corrected chi connectivity index (χ3v) is 4.60. The Bertz CT molecular complexity index is 993. The normalized spacial score (nSPS) is 11.6. The van der Waals surface area contributed by atoms with Crippen LogP contribution in [0, 0.1) is 0 Å². The lowest BCUT2D eigenvalue weighted by atomic mass is 10.3. The number of methoxy groups -OCH3 is 1. The van der Waals surface area contributed by atoms with Crippen LogP contribution in [-0.4, -0.2) is 33.7 Å². The van der Waals surface area contributed by atoms with Crippen LogP contribution >= 0.6 is 23.4 Å². The molecule has 0 aliphatic rings. The van der Waals surface area contributed by atoms with Crippen LogP contribution in [0.25, 0.3) is 11.0 Å². The van der Waals surface area contributed by atoms with Gasteiger partial charge in [-0.2, -0.15) is 13.2 Å². The second-order valence-electron chi connectivity index (χ2n) is 5.31. The molecule has 1 amide bonds. The van der Waals surface area contributed by atoms with E-state index in [1.165, 1.54) is 0 Å². The molecule has 0 saturated heterocycles. The number of ether oxygens (including phenoxy) is 1. The van der Waals surface area contributed by atoms with Crippen molar-refractivity contribution in [2.45, 2.75) is 11.3 Å². The molecule has 1 aromatic carbocycles. The zero-order valence-corrected chi connectivity index (χ0v) is 15.3. The molecule has 2 aromatic heterocycles. The molecule has 0 fully saturated rings. The summed E-state index contributed by atoms with van der Waals surface area (Å²) in [6, 6.07) is 6.03. The lowest BCUT2D eigenvalue weighted by Crippen LogP contribution is -2.16. The van der Waals surface area contributed by atoms with Crippen LogP contribution in [0.15, 0.2) is 35.6 Å². The van der Waals surface area contributed by atoms with E-state index in [9.17, 15) is 18.0 Å². The monoisotopic (exact) mass is 416 g/mol. The summed E-state index contributed by atoms with van der Waals surface area (Å²) in [5.74, 6) is 0.0240. The van der Waals surface area contributed by atoms with E-state index < -0.39 is 17.6 Å². The number of fused-ring (bicyclic) bond motifs is 1. The molecular weight excluding hydrogens is 405 g/mol. The highest BCUT2D eigenvalue weighted by molar-refractivity contribution is 7.99. The van der Waals surface area contributed by atoms with Gasteiger partial charge < -0.3 is 15.0 Å². The minimum Gasteiger partial charge on any atom is -0.497 e. The Morgan fingerprint density at radius 1 is 1.37 bits per heavy atom. The number of rotatable bonds is 5. The Morgan fingerprint density at radius 3 is 2.81 bits per heavy atom. The highest BCUT2D eigenvalue weighted by Crippen LogP contribution is 2.32. The van der Waals surface area contributed by atoms with Gasteiger partial charge in [-0.25, -0.2) is 9.97 Å². The summed E-state index contributed by atoms with van der Waals surface area (Å²) in [6.45, 7) is 0. The maximum atomic E-state index is 12.6. The standard InChI is InChI=1S/C16H12ClF3N4O2S/c1-26-9-2-3-11-12(5-9)23-15(22-11)27-7-13(25)24-14-10(17)4-8(6-21-14)16(18,19)20/h2-6H,7H2,1H3,(H,22,23)(H,21,24,25). The summed E-state index contributed by atoms with van der Waals surface area (Å²) < 4.78 is 42.9. The van der Waals surface area contributed by atoms with E-state index in [1.807, 2.05) is 0 Å². The van der Waals surface area contributed by atoms with Crippen LogP contribution in [0.2, 0.25) is 5.02 Å². The summed E-state index contributed by atoms with van der Waals surface area (Å²) in [5, 5.41) is 2.60. The van der Waals surface area contributed by atoms with E-state index in [4.69, 9.17) is 16.3 Å². The van der Waals surface area contributed by atoms with Crippen molar-refractivity contribution in [3.8, 4) is 5.75 Å². The number of amides is 1. The molecule has 2 N–H and O–H groups in total. The summed E-state index contributed by atoms with van der Waals surface area (Å²) in [7, 11) is 1.55. The van der Waals surface area contributed by atoms with E-state index >= 15 is 0 Å². The molecule has 3 rings (SSSR count). The number of aromatic amines is 1. The molecule has 0 aliphatic carbocycles. The number of carbonyl (C=O) groups excluding carboxylic acids is 1. The number of aromatic nitrogens is 3. The fraction of sp³-hybridized carbons (Fsp3) is 0.188. The molecule has 0 radical (unpaired) electrons. The predicted molar refractivity (Wildman–Crippen MR) is 96.2 cm³/mol. The molecule has 0 aliphatic heterocycles. The van der Waals surface area contributed by atoms with Crippen LogP contribution in [0.3, 0.4) is 0 Å². The SMILES string of the molecule is COc1ccc2nc(SCC(=O)Nc3ncc(C(F)(F)F)cc3Cl)[nH]c2c1. The average Bonchev–Trinajstić information content (AvgIpc) is 3.02. The van der Waals surface area contributed by atoms with Crippen molar-refractivity contribution < 1.29 is 22.7 Å². The molecular formula is C16H12ClF3N4O2S. The number of hydrogen-bond donors (Lipinski definition) is 2. The molecule has 2 heterocycles. The Kier molecular flexibility index (Phi) is 5.47. The number of halogens is 4. The van der Waals surface area contributed by atoms with E-state index in [0.717, 1.165) is 17.3 Å². The van der Waals surface area contributed by atoms with Gasteiger partial charge >= 0.3 is 6.18 Å². The maximum Gasteiger partial charge on any atom is 0.417 e. The van der Waals surface area contributed by atoms with E-state index in [-0.39, 0.29) is 16.6 Å². The van der Waals surface area contributed by atoms with Gasteiger partial charge in [0.15, 0.2) is 11.0 Å². The van der Waals surface area contributed by atoms with Crippen molar-refractivity contribution in [1.82, 2.24) is 15.0 Å². The van der Waals surface area contributed by atoms with Gasteiger partial charge in [-0.3, -0.25) is 4.79 Å². The maximum absolute atomic E-state index is 12.6. The van der Waals surface area contributed by atoms with Crippen LogP contribution in [0.5, 0.6) is 5.75 Å². The summed E-state index contributed by atoms with van der Waals surface area (Å²) >= 11 is 6.89. The summed E-state index contributed by atoms with van der Waals surface area (Å²) in [4.78, 5) is 23.0. The fourth-order valence-corrected chi connectivity index (χ4v) is 3.05. The van der Waals surface area contributed by atoms with Crippen molar-refractivity contribution >= 4 is 46.1 Å². The number of carbonyl (C=O) groups is 1. The minimum absolute atomic E-state index is 0.0318. The molecule has 142 valence electrons. The Labute approximate surface area is 160 Å². The molecule has 0 bridgehead atoms. The van der Waals surface area contributed by atoms with Crippen molar-refractivity contribution in [3.05, 3.63) is 41.0 Å². The molecule has 0 saturated carbocycles. The first-order valence-corrected chi connectivity index (χ1v) is 8.82. The van der Waals surface area contributed by atoms with E-state index in [0.29, 0.717) is 28.7 Å². The van der Waals surface area contributed by atoms with Crippen molar-refractivity contribution in [2.75, 3.05) is 18.2 Å². The topological polar surface area (TPSA) is 79.9 Å².